The van der Waals surface area contributed by atoms with Crippen molar-refractivity contribution in [2.45, 2.75) is 32.8 Å². The van der Waals surface area contributed by atoms with Crippen LogP contribution in [-0.4, -0.2) is 40.9 Å². The third-order valence-electron chi connectivity index (χ3n) is 4.10. The number of likely N-dealkylation sites (tertiary alicyclic amines) is 1. The van der Waals surface area contributed by atoms with E-state index in [1.165, 1.54) is 19.1 Å². The number of nitrogens with zero attached hydrogens (tertiary/aromatic N) is 2. The Labute approximate surface area is 144 Å². The summed E-state index contributed by atoms with van der Waals surface area (Å²) < 4.78 is 5.13. The van der Waals surface area contributed by atoms with Crippen molar-refractivity contribution in [3.05, 3.63) is 38.9 Å². The zero-order valence-electron chi connectivity index (χ0n) is 13.5. The molecule has 8 heteroatoms. The van der Waals surface area contributed by atoms with Gasteiger partial charge in [0.1, 0.15) is 5.56 Å². The summed E-state index contributed by atoms with van der Waals surface area (Å²) in [6, 6.07) is 3.67. The largest absolute Gasteiger partial charge is 0.449 e. The first kappa shape index (κ1) is 18.2. The molecule has 1 fully saturated rings. The van der Waals surface area contributed by atoms with Gasteiger partial charge >= 0.3 is 5.97 Å². The Morgan fingerprint density at radius 1 is 1.38 bits per heavy atom. The van der Waals surface area contributed by atoms with E-state index in [-0.39, 0.29) is 16.5 Å². The second-order valence-electron chi connectivity index (χ2n) is 5.97. The predicted molar refractivity (Wildman–Crippen MR) is 88.0 cm³/mol. The molecular weight excluding hydrogens is 336 g/mol. The average Bonchev–Trinajstić information content (AvgIpc) is 2.54. The Kier molecular flexibility index (Phi) is 5.77. The summed E-state index contributed by atoms with van der Waals surface area (Å²) in [5, 5.41) is 11.2. The Hall–Kier alpha value is -2.15. The van der Waals surface area contributed by atoms with Gasteiger partial charge < -0.3 is 9.64 Å². The van der Waals surface area contributed by atoms with E-state index < -0.39 is 22.7 Å². The molecule has 1 aliphatic rings. The number of esters is 1. The van der Waals surface area contributed by atoms with Gasteiger partial charge in [0.05, 0.1) is 4.92 Å². The van der Waals surface area contributed by atoms with Crippen LogP contribution in [0, 0.1) is 16.0 Å². The molecule has 1 unspecified atom stereocenters. The zero-order valence-corrected chi connectivity index (χ0v) is 14.3. The van der Waals surface area contributed by atoms with Gasteiger partial charge in [-0.1, -0.05) is 18.5 Å². The molecule has 0 saturated carbocycles. The second-order valence-corrected chi connectivity index (χ2v) is 6.41. The van der Waals surface area contributed by atoms with Gasteiger partial charge in [-0.3, -0.25) is 14.9 Å². The lowest BCUT2D eigenvalue weighted by Crippen LogP contribution is -2.44. The monoisotopic (exact) mass is 354 g/mol. The smallest absolute Gasteiger partial charge is 0.345 e. The topological polar surface area (TPSA) is 89.8 Å². The maximum absolute atomic E-state index is 12.3. The molecule has 0 bridgehead atoms. The summed E-state index contributed by atoms with van der Waals surface area (Å²) in [5.41, 5.74) is -0.671. The molecule has 0 aliphatic carbocycles. The lowest BCUT2D eigenvalue weighted by Gasteiger charge is -2.31. The van der Waals surface area contributed by atoms with Crippen LogP contribution in [0.25, 0.3) is 0 Å². The number of amides is 1. The van der Waals surface area contributed by atoms with Crippen molar-refractivity contribution in [1.29, 1.82) is 0 Å². The molecule has 0 N–H and O–H groups in total. The molecule has 0 spiro atoms. The molecule has 7 nitrogen and oxygen atoms in total. The van der Waals surface area contributed by atoms with Crippen LogP contribution in [0.1, 0.15) is 37.0 Å². The van der Waals surface area contributed by atoms with Crippen LogP contribution in [0.2, 0.25) is 5.02 Å². The van der Waals surface area contributed by atoms with Gasteiger partial charge in [0.25, 0.3) is 11.6 Å². The van der Waals surface area contributed by atoms with Gasteiger partial charge in [0.2, 0.25) is 0 Å². The number of piperidine rings is 1. The fourth-order valence-corrected chi connectivity index (χ4v) is 2.76. The summed E-state index contributed by atoms with van der Waals surface area (Å²) >= 11 is 5.72. The van der Waals surface area contributed by atoms with Crippen LogP contribution in [0.15, 0.2) is 18.2 Å². The fourth-order valence-electron chi connectivity index (χ4n) is 2.59. The molecule has 1 atom stereocenters. The van der Waals surface area contributed by atoms with Crippen molar-refractivity contribution in [3.63, 3.8) is 0 Å². The number of benzene rings is 1. The number of rotatable bonds is 4. The molecule has 1 aromatic rings. The summed E-state index contributed by atoms with van der Waals surface area (Å²) in [7, 11) is 0. The summed E-state index contributed by atoms with van der Waals surface area (Å²) in [5.74, 6) is -0.625. The third-order valence-corrected chi connectivity index (χ3v) is 4.34. The van der Waals surface area contributed by atoms with E-state index in [0.717, 1.165) is 18.9 Å². The highest BCUT2D eigenvalue weighted by Gasteiger charge is 2.29. The minimum Gasteiger partial charge on any atom is -0.449 e. The molecule has 0 aromatic heterocycles. The van der Waals surface area contributed by atoms with Crippen molar-refractivity contribution in [2.24, 2.45) is 5.92 Å². The molecule has 1 aromatic carbocycles. The summed E-state index contributed by atoms with van der Waals surface area (Å²) in [6.07, 6.45) is 0.825. The number of halogens is 1. The first-order chi connectivity index (χ1) is 11.3. The zero-order chi connectivity index (χ0) is 17.9. The molecule has 0 radical (unpaired) electrons. The molecule has 1 heterocycles. The maximum atomic E-state index is 12.3. The molecule has 24 heavy (non-hydrogen) atoms. The number of ether oxygens (including phenoxy) is 1. The number of carbonyl (C=O) groups excluding carboxylic acids is 2. The van der Waals surface area contributed by atoms with Gasteiger partial charge in [0.15, 0.2) is 6.10 Å². The first-order valence-corrected chi connectivity index (χ1v) is 8.11. The summed E-state index contributed by atoms with van der Waals surface area (Å²) in [4.78, 5) is 36.5. The lowest BCUT2D eigenvalue weighted by molar-refractivity contribution is -0.385. The van der Waals surface area contributed by atoms with Crippen LogP contribution in [0.3, 0.4) is 0 Å². The van der Waals surface area contributed by atoms with E-state index in [4.69, 9.17) is 16.3 Å². The molecule has 1 aliphatic heterocycles. The molecule has 130 valence electrons. The van der Waals surface area contributed by atoms with Crippen molar-refractivity contribution < 1.29 is 19.2 Å². The molecule has 1 saturated heterocycles. The average molecular weight is 355 g/mol. The van der Waals surface area contributed by atoms with Crippen molar-refractivity contribution in [2.75, 3.05) is 13.1 Å². The minimum absolute atomic E-state index is 0.143. The van der Waals surface area contributed by atoms with Crippen LogP contribution < -0.4 is 0 Å². The Morgan fingerprint density at radius 3 is 2.58 bits per heavy atom. The van der Waals surface area contributed by atoms with Crippen LogP contribution in [0.4, 0.5) is 5.69 Å². The van der Waals surface area contributed by atoms with Gasteiger partial charge in [-0.05, 0) is 37.8 Å². The SMILES string of the molecule is CC1CCN(C(=O)C(C)OC(=O)c2ccc(Cl)cc2[N+](=O)[O-])CC1. The lowest BCUT2D eigenvalue weighted by atomic mass is 9.99. The molecule has 2 rings (SSSR count). The normalized spacial score (nSPS) is 16.5. The van der Waals surface area contributed by atoms with Crippen LogP contribution in [0.5, 0.6) is 0 Å². The number of hydrogen-bond acceptors (Lipinski definition) is 5. The molecular formula is C16H19ClN2O5. The fraction of sp³-hybridized carbons (Fsp3) is 0.500. The van der Waals surface area contributed by atoms with Gasteiger partial charge in [-0.15, -0.1) is 0 Å². The minimum atomic E-state index is -0.999. The Morgan fingerprint density at radius 2 is 2.00 bits per heavy atom. The van der Waals surface area contributed by atoms with Crippen molar-refractivity contribution >= 4 is 29.2 Å². The third kappa shape index (κ3) is 4.23. The van der Waals surface area contributed by atoms with E-state index in [9.17, 15) is 19.7 Å². The highest BCUT2D eigenvalue weighted by atomic mass is 35.5. The van der Waals surface area contributed by atoms with Gasteiger partial charge in [-0.2, -0.15) is 0 Å². The number of carbonyl (C=O) groups is 2. The number of nitro benzene ring substituents is 1. The van der Waals surface area contributed by atoms with E-state index in [0.29, 0.717) is 19.0 Å². The predicted octanol–water partition coefficient (Wildman–Crippen LogP) is 3.05. The summed E-state index contributed by atoms with van der Waals surface area (Å²) in [6.45, 7) is 4.86. The van der Waals surface area contributed by atoms with Gasteiger partial charge in [0, 0.05) is 24.2 Å². The molecule has 1 amide bonds. The van der Waals surface area contributed by atoms with E-state index >= 15 is 0 Å². The van der Waals surface area contributed by atoms with Crippen LogP contribution in [-0.2, 0) is 9.53 Å². The Bertz CT molecular complexity index is 656. The number of hydrogen-bond donors (Lipinski definition) is 0. The maximum Gasteiger partial charge on any atom is 0.345 e. The highest BCUT2D eigenvalue weighted by Crippen LogP contribution is 2.24. The van der Waals surface area contributed by atoms with E-state index in [1.807, 2.05) is 0 Å². The number of nitro groups is 1. The quantitative estimate of drug-likeness (QED) is 0.471. The van der Waals surface area contributed by atoms with Crippen molar-refractivity contribution in [3.8, 4) is 0 Å². The van der Waals surface area contributed by atoms with E-state index in [1.54, 1.807) is 4.90 Å². The first-order valence-electron chi connectivity index (χ1n) is 7.73. The van der Waals surface area contributed by atoms with E-state index in [2.05, 4.69) is 6.92 Å². The highest BCUT2D eigenvalue weighted by molar-refractivity contribution is 6.31. The second kappa shape index (κ2) is 7.61. The van der Waals surface area contributed by atoms with Crippen molar-refractivity contribution in [1.82, 2.24) is 4.90 Å². The van der Waals surface area contributed by atoms with Crippen LogP contribution >= 0.6 is 11.6 Å². The Balaban J connectivity index is 2.06. The standard InChI is InChI=1S/C16H19ClN2O5/c1-10-5-7-18(8-6-10)15(20)11(2)24-16(21)13-4-3-12(17)9-14(13)19(22)23/h3-4,9-11H,5-8H2,1-2H3. The van der Waals surface area contributed by atoms with Gasteiger partial charge in [-0.25, -0.2) is 4.79 Å².